The zero-order chi connectivity index (χ0) is 29.4. The summed E-state index contributed by atoms with van der Waals surface area (Å²) in [5.41, 5.74) is 3.13. The summed E-state index contributed by atoms with van der Waals surface area (Å²) >= 11 is 0. The molecule has 3 aromatic carbocycles. The van der Waals surface area contributed by atoms with Gasteiger partial charge in [0.15, 0.2) is 0 Å². The van der Waals surface area contributed by atoms with Crippen LogP contribution in [0.4, 0.5) is 15.8 Å². The van der Waals surface area contributed by atoms with Gasteiger partial charge in [0.1, 0.15) is 5.82 Å². The lowest BCUT2D eigenvalue weighted by atomic mass is 9.95. The third-order valence-corrected chi connectivity index (χ3v) is 7.70. The summed E-state index contributed by atoms with van der Waals surface area (Å²) < 4.78 is 13.3. The maximum atomic E-state index is 13.6. The van der Waals surface area contributed by atoms with Crippen molar-refractivity contribution < 1.29 is 18.8 Å². The van der Waals surface area contributed by atoms with E-state index in [9.17, 15) is 18.8 Å². The topological polar surface area (TPSA) is 73.0 Å². The molecule has 1 N–H and O–H groups in total. The van der Waals surface area contributed by atoms with E-state index in [0.717, 1.165) is 24.1 Å². The minimum Gasteiger partial charge on any atom is -0.369 e. The molecule has 1 fully saturated rings. The van der Waals surface area contributed by atoms with Crippen molar-refractivity contribution >= 4 is 29.1 Å². The van der Waals surface area contributed by atoms with Crippen LogP contribution < -0.4 is 10.2 Å². The van der Waals surface area contributed by atoms with Crippen LogP contribution in [-0.4, -0.2) is 66.8 Å². The molecule has 0 aromatic heterocycles. The predicted molar refractivity (Wildman–Crippen MR) is 161 cm³/mol. The SMILES string of the molecule is CC[C@@H](C(=O)N1CCCN(c2ccc(NC(=O)c3ccc(F)cc3)cc2C(=O)N(CC)CC)CC1)c1ccccc1. The molecule has 8 heteroatoms. The monoisotopic (exact) mass is 558 g/mol. The molecule has 7 nitrogen and oxygen atoms in total. The van der Waals surface area contributed by atoms with Gasteiger partial charge in [0, 0.05) is 56.2 Å². The highest BCUT2D eigenvalue weighted by atomic mass is 19.1. The number of nitrogens with zero attached hydrogens (tertiary/aromatic N) is 3. The Morgan fingerprint density at radius 3 is 2.24 bits per heavy atom. The van der Waals surface area contributed by atoms with Gasteiger partial charge in [-0.15, -0.1) is 0 Å². The third kappa shape index (κ3) is 7.12. The number of amides is 3. The van der Waals surface area contributed by atoms with Crippen molar-refractivity contribution in [3.05, 3.63) is 95.3 Å². The van der Waals surface area contributed by atoms with Gasteiger partial charge < -0.3 is 20.0 Å². The van der Waals surface area contributed by atoms with E-state index in [4.69, 9.17) is 0 Å². The van der Waals surface area contributed by atoms with Gasteiger partial charge in [0.05, 0.1) is 11.5 Å². The number of carbonyl (C=O) groups excluding carboxylic acids is 3. The lowest BCUT2D eigenvalue weighted by Gasteiger charge is -2.29. The summed E-state index contributed by atoms with van der Waals surface area (Å²) in [6, 6.07) is 20.6. The average molecular weight is 559 g/mol. The number of benzene rings is 3. The molecule has 1 aliphatic rings. The van der Waals surface area contributed by atoms with Crippen LogP contribution in [0.5, 0.6) is 0 Å². The fraction of sp³-hybridized carbons (Fsp3) is 0.364. The van der Waals surface area contributed by atoms with E-state index in [1.165, 1.54) is 24.3 Å². The van der Waals surface area contributed by atoms with Crippen LogP contribution >= 0.6 is 0 Å². The number of anilines is 2. The van der Waals surface area contributed by atoms with Crippen LogP contribution in [0.25, 0.3) is 0 Å². The van der Waals surface area contributed by atoms with Crippen molar-refractivity contribution in [2.24, 2.45) is 0 Å². The molecular formula is C33H39FN4O3. The normalized spacial score (nSPS) is 14.2. The lowest BCUT2D eigenvalue weighted by molar-refractivity contribution is -0.132. The first-order valence-corrected chi connectivity index (χ1v) is 14.4. The molecule has 3 aromatic rings. The van der Waals surface area contributed by atoms with Crippen molar-refractivity contribution in [1.29, 1.82) is 0 Å². The van der Waals surface area contributed by atoms with Gasteiger partial charge in [-0.05, 0) is 74.7 Å². The zero-order valence-electron chi connectivity index (χ0n) is 24.1. The zero-order valence-corrected chi connectivity index (χ0v) is 24.1. The van der Waals surface area contributed by atoms with Gasteiger partial charge in [-0.2, -0.15) is 0 Å². The number of hydrogen-bond donors (Lipinski definition) is 1. The molecule has 0 bridgehead atoms. The van der Waals surface area contributed by atoms with Crippen LogP contribution in [0.15, 0.2) is 72.8 Å². The Balaban J connectivity index is 1.56. The molecule has 0 radical (unpaired) electrons. The largest absolute Gasteiger partial charge is 0.369 e. The fourth-order valence-corrected chi connectivity index (χ4v) is 5.38. The van der Waals surface area contributed by atoms with Crippen molar-refractivity contribution in [2.75, 3.05) is 49.5 Å². The molecule has 1 heterocycles. The number of hydrogen-bond acceptors (Lipinski definition) is 4. The molecular weight excluding hydrogens is 519 g/mol. The summed E-state index contributed by atoms with van der Waals surface area (Å²) in [6.07, 6.45) is 1.51. The molecule has 0 saturated carbocycles. The van der Waals surface area contributed by atoms with Gasteiger partial charge in [-0.3, -0.25) is 14.4 Å². The standard InChI is InChI=1S/C33H39FN4O3/c1-4-28(24-11-8-7-9-12-24)32(40)38-20-10-19-37(21-22-38)30-18-17-27(23-29(30)33(41)36(5-2)6-3)35-31(39)25-13-15-26(34)16-14-25/h7-9,11-18,23,28H,4-6,10,19-22H2,1-3H3,(H,35,39)/t28-/m1/s1. The van der Waals surface area contributed by atoms with Gasteiger partial charge in [-0.1, -0.05) is 37.3 Å². The van der Waals surface area contributed by atoms with E-state index in [1.807, 2.05) is 62.1 Å². The maximum Gasteiger partial charge on any atom is 0.256 e. The first-order valence-electron chi connectivity index (χ1n) is 14.4. The Hall–Kier alpha value is -4.20. The summed E-state index contributed by atoms with van der Waals surface area (Å²) in [6.45, 7) is 9.54. The van der Waals surface area contributed by atoms with Gasteiger partial charge in [0.25, 0.3) is 11.8 Å². The quantitative estimate of drug-likeness (QED) is 0.361. The first kappa shape index (κ1) is 29.8. The van der Waals surface area contributed by atoms with E-state index < -0.39 is 5.82 Å². The minimum absolute atomic E-state index is 0.116. The molecule has 1 atom stereocenters. The van der Waals surface area contributed by atoms with Crippen LogP contribution in [0.3, 0.4) is 0 Å². The highest BCUT2D eigenvalue weighted by molar-refractivity contribution is 6.06. The first-order chi connectivity index (χ1) is 19.9. The van der Waals surface area contributed by atoms with Gasteiger partial charge in [0.2, 0.25) is 5.91 Å². The van der Waals surface area contributed by atoms with E-state index in [1.54, 1.807) is 17.0 Å². The number of rotatable bonds is 9. The molecule has 4 rings (SSSR count). The smallest absolute Gasteiger partial charge is 0.256 e. The molecule has 1 saturated heterocycles. The second kappa shape index (κ2) is 13.9. The van der Waals surface area contributed by atoms with Crippen molar-refractivity contribution in [3.8, 4) is 0 Å². The minimum atomic E-state index is -0.416. The van der Waals surface area contributed by atoms with E-state index in [2.05, 4.69) is 10.2 Å². The Morgan fingerprint density at radius 2 is 1.59 bits per heavy atom. The fourth-order valence-electron chi connectivity index (χ4n) is 5.38. The average Bonchev–Trinajstić information content (AvgIpc) is 3.25. The van der Waals surface area contributed by atoms with Crippen LogP contribution in [0.1, 0.15) is 65.8 Å². The molecule has 216 valence electrons. The Kier molecular flexibility index (Phi) is 10.1. The molecule has 0 spiro atoms. The number of halogens is 1. The lowest BCUT2D eigenvalue weighted by Crippen LogP contribution is -2.38. The van der Waals surface area contributed by atoms with Crippen LogP contribution in [-0.2, 0) is 4.79 Å². The summed E-state index contributed by atoms with van der Waals surface area (Å²) in [5, 5.41) is 2.84. The van der Waals surface area contributed by atoms with Crippen molar-refractivity contribution in [1.82, 2.24) is 9.80 Å². The summed E-state index contributed by atoms with van der Waals surface area (Å²) in [7, 11) is 0. The molecule has 41 heavy (non-hydrogen) atoms. The Labute approximate surface area is 241 Å². The Bertz CT molecular complexity index is 1340. The van der Waals surface area contributed by atoms with Crippen molar-refractivity contribution in [3.63, 3.8) is 0 Å². The van der Waals surface area contributed by atoms with E-state index in [0.29, 0.717) is 56.1 Å². The number of carbonyl (C=O) groups is 3. The van der Waals surface area contributed by atoms with E-state index >= 15 is 0 Å². The van der Waals surface area contributed by atoms with Gasteiger partial charge >= 0.3 is 0 Å². The predicted octanol–water partition coefficient (Wildman–Crippen LogP) is 5.79. The van der Waals surface area contributed by atoms with Crippen LogP contribution in [0.2, 0.25) is 0 Å². The van der Waals surface area contributed by atoms with Crippen LogP contribution in [0, 0.1) is 5.82 Å². The van der Waals surface area contributed by atoms with Crippen molar-refractivity contribution in [2.45, 2.75) is 39.5 Å². The molecule has 1 aliphatic heterocycles. The second-order valence-electron chi connectivity index (χ2n) is 10.2. The summed E-state index contributed by atoms with van der Waals surface area (Å²) in [4.78, 5) is 45.8. The highest BCUT2D eigenvalue weighted by Crippen LogP contribution is 2.29. The third-order valence-electron chi connectivity index (χ3n) is 7.70. The summed E-state index contributed by atoms with van der Waals surface area (Å²) in [5.74, 6) is -0.951. The molecule has 0 unspecified atom stereocenters. The van der Waals surface area contributed by atoms with E-state index in [-0.39, 0.29) is 23.6 Å². The van der Waals surface area contributed by atoms with Gasteiger partial charge in [-0.25, -0.2) is 4.39 Å². The number of nitrogens with one attached hydrogen (secondary N) is 1. The molecule has 3 amide bonds. The molecule has 0 aliphatic carbocycles. The second-order valence-corrected chi connectivity index (χ2v) is 10.2. The highest BCUT2D eigenvalue weighted by Gasteiger charge is 2.28. The maximum absolute atomic E-state index is 13.6. The Morgan fingerprint density at radius 1 is 0.878 bits per heavy atom.